The first-order chi connectivity index (χ1) is 12.6. The molecule has 140 valence electrons. The van der Waals surface area contributed by atoms with E-state index in [-0.39, 0.29) is 11.9 Å². The van der Waals surface area contributed by atoms with E-state index in [2.05, 4.69) is 53.4 Å². The summed E-state index contributed by atoms with van der Waals surface area (Å²) in [6.07, 6.45) is 8.21. The molecule has 1 aliphatic rings. The molecule has 0 spiro atoms. The SMILES string of the molecule is CCCC(CC(=O)N1CCN(c2cccc(C)c2C)CC1)n1ccnc1. The Hall–Kier alpha value is -2.30. The van der Waals surface area contributed by atoms with Crippen LogP contribution >= 0.6 is 0 Å². The Labute approximate surface area is 156 Å². The van der Waals surface area contributed by atoms with Crippen molar-refractivity contribution in [3.63, 3.8) is 0 Å². The molecule has 0 radical (unpaired) electrons. The van der Waals surface area contributed by atoms with Gasteiger partial charge in [-0.15, -0.1) is 0 Å². The first kappa shape index (κ1) is 18.5. The van der Waals surface area contributed by atoms with Gasteiger partial charge >= 0.3 is 0 Å². The monoisotopic (exact) mass is 354 g/mol. The molecule has 1 fully saturated rings. The van der Waals surface area contributed by atoms with Gasteiger partial charge in [0.25, 0.3) is 0 Å². The van der Waals surface area contributed by atoms with Crippen LogP contribution in [-0.4, -0.2) is 46.5 Å². The number of carbonyl (C=O) groups is 1. The standard InChI is InChI=1S/C21H30N4O/c1-4-6-19(25-10-9-22-16-25)15-21(26)24-13-11-23(12-14-24)20-8-5-7-17(2)18(20)3/h5,7-10,16,19H,4,6,11-15H2,1-3H3. The number of carbonyl (C=O) groups excluding carboxylic acids is 1. The molecule has 26 heavy (non-hydrogen) atoms. The van der Waals surface area contributed by atoms with Crippen molar-refractivity contribution in [3.05, 3.63) is 48.0 Å². The highest BCUT2D eigenvalue weighted by Crippen LogP contribution is 2.25. The number of hydrogen-bond donors (Lipinski definition) is 0. The third kappa shape index (κ3) is 4.09. The number of piperazine rings is 1. The predicted molar refractivity (Wildman–Crippen MR) is 105 cm³/mol. The minimum atomic E-state index is 0.215. The molecule has 1 aromatic carbocycles. The molecule has 1 unspecified atom stereocenters. The normalized spacial score (nSPS) is 16.0. The number of hydrogen-bond acceptors (Lipinski definition) is 3. The van der Waals surface area contributed by atoms with Gasteiger partial charge in [-0.25, -0.2) is 4.98 Å². The summed E-state index contributed by atoms with van der Waals surface area (Å²) < 4.78 is 2.08. The van der Waals surface area contributed by atoms with E-state index in [9.17, 15) is 4.79 Å². The lowest BCUT2D eigenvalue weighted by atomic mass is 10.1. The summed E-state index contributed by atoms with van der Waals surface area (Å²) in [7, 11) is 0. The number of amides is 1. The van der Waals surface area contributed by atoms with Crippen molar-refractivity contribution >= 4 is 11.6 Å². The van der Waals surface area contributed by atoms with Gasteiger partial charge in [0, 0.05) is 56.7 Å². The highest BCUT2D eigenvalue weighted by molar-refractivity contribution is 5.77. The third-order valence-electron chi connectivity index (χ3n) is 5.53. The number of aryl methyl sites for hydroxylation is 1. The molecule has 0 N–H and O–H groups in total. The maximum Gasteiger partial charge on any atom is 0.224 e. The molecule has 1 amide bonds. The number of imidazole rings is 1. The van der Waals surface area contributed by atoms with Crippen molar-refractivity contribution < 1.29 is 4.79 Å². The van der Waals surface area contributed by atoms with Crippen LogP contribution in [0.15, 0.2) is 36.9 Å². The Bertz CT molecular complexity index is 718. The van der Waals surface area contributed by atoms with Crippen molar-refractivity contribution in [2.45, 2.75) is 46.1 Å². The number of nitrogens with zero attached hydrogens (tertiary/aromatic N) is 4. The van der Waals surface area contributed by atoms with Crippen LogP contribution < -0.4 is 4.90 Å². The average molecular weight is 354 g/mol. The molecule has 2 aromatic rings. The Morgan fingerprint density at radius 1 is 1.19 bits per heavy atom. The number of rotatable bonds is 6. The van der Waals surface area contributed by atoms with Gasteiger partial charge in [-0.3, -0.25) is 4.79 Å². The minimum absolute atomic E-state index is 0.215. The lowest BCUT2D eigenvalue weighted by molar-refractivity contribution is -0.132. The summed E-state index contributed by atoms with van der Waals surface area (Å²) >= 11 is 0. The fraction of sp³-hybridized carbons (Fsp3) is 0.524. The Morgan fingerprint density at radius 3 is 2.62 bits per heavy atom. The summed E-state index contributed by atoms with van der Waals surface area (Å²) in [5, 5.41) is 0. The van der Waals surface area contributed by atoms with E-state index in [0.29, 0.717) is 6.42 Å². The topological polar surface area (TPSA) is 41.4 Å². The summed E-state index contributed by atoms with van der Waals surface area (Å²) in [5.74, 6) is 0.262. The van der Waals surface area contributed by atoms with Gasteiger partial charge in [0.1, 0.15) is 0 Å². The zero-order chi connectivity index (χ0) is 18.5. The highest BCUT2D eigenvalue weighted by atomic mass is 16.2. The fourth-order valence-corrected chi connectivity index (χ4v) is 3.78. The Morgan fingerprint density at radius 2 is 1.96 bits per heavy atom. The van der Waals surface area contributed by atoms with E-state index in [1.54, 1.807) is 6.20 Å². The molecule has 0 saturated carbocycles. The fourth-order valence-electron chi connectivity index (χ4n) is 3.78. The van der Waals surface area contributed by atoms with Crippen LogP contribution in [0.4, 0.5) is 5.69 Å². The predicted octanol–water partition coefficient (Wildman–Crippen LogP) is 3.58. The molecule has 2 heterocycles. The molecule has 5 heteroatoms. The van der Waals surface area contributed by atoms with Crippen molar-refractivity contribution in [2.75, 3.05) is 31.1 Å². The second-order valence-corrected chi connectivity index (χ2v) is 7.24. The number of benzene rings is 1. The maximum absolute atomic E-state index is 12.8. The van der Waals surface area contributed by atoms with Gasteiger partial charge in [0.05, 0.1) is 6.33 Å². The van der Waals surface area contributed by atoms with Gasteiger partial charge < -0.3 is 14.4 Å². The van der Waals surface area contributed by atoms with Gasteiger partial charge in [0.2, 0.25) is 5.91 Å². The molecule has 1 aromatic heterocycles. The molecule has 1 saturated heterocycles. The summed E-state index contributed by atoms with van der Waals surface area (Å²) in [6.45, 7) is 9.91. The van der Waals surface area contributed by atoms with E-state index in [1.807, 2.05) is 17.4 Å². The molecule has 1 aliphatic heterocycles. The van der Waals surface area contributed by atoms with Crippen LogP contribution in [0.1, 0.15) is 43.4 Å². The van der Waals surface area contributed by atoms with Crippen molar-refractivity contribution in [1.29, 1.82) is 0 Å². The van der Waals surface area contributed by atoms with Gasteiger partial charge in [0.15, 0.2) is 0 Å². The van der Waals surface area contributed by atoms with Crippen LogP contribution in [0, 0.1) is 13.8 Å². The molecular weight excluding hydrogens is 324 g/mol. The van der Waals surface area contributed by atoms with Gasteiger partial charge in [-0.05, 0) is 37.5 Å². The maximum atomic E-state index is 12.8. The number of anilines is 1. The lowest BCUT2D eigenvalue weighted by Crippen LogP contribution is -2.49. The summed E-state index contributed by atoms with van der Waals surface area (Å²) in [6, 6.07) is 6.68. The zero-order valence-corrected chi connectivity index (χ0v) is 16.2. The Balaban J connectivity index is 1.58. The van der Waals surface area contributed by atoms with Gasteiger partial charge in [-0.2, -0.15) is 0 Å². The minimum Gasteiger partial charge on any atom is -0.368 e. The molecule has 0 aliphatic carbocycles. The quantitative estimate of drug-likeness (QED) is 0.796. The van der Waals surface area contributed by atoms with Crippen molar-refractivity contribution in [2.24, 2.45) is 0 Å². The second kappa shape index (κ2) is 8.39. The van der Waals surface area contributed by atoms with E-state index in [1.165, 1.54) is 16.8 Å². The van der Waals surface area contributed by atoms with Crippen LogP contribution in [0.2, 0.25) is 0 Å². The first-order valence-corrected chi connectivity index (χ1v) is 9.66. The van der Waals surface area contributed by atoms with Crippen LogP contribution in [0.25, 0.3) is 0 Å². The van der Waals surface area contributed by atoms with E-state index in [4.69, 9.17) is 0 Å². The molecule has 1 atom stereocenters. The second-order valence-electron chi connectivity index (χ2n) is 7.24. The van der Waals surface area contributed by atoms with Crippen LogP contribution in [0.3, 0.4) is 0 Å². The van der Waals surface area contributed by atoms with Crippen LogP contribution in [-0.2, 0) is 4.79 Å². The molecule has 0 bridgehead atoms. The summed E-state index contributed by atoms with van der Waals surface area (Å²) in [4.78, 5) is 21.4. The highest BCUT2D eigenvalue weighted by Gasteiger charge is 2.24. The zero-order valence-electron chi connectivity index (χ0n) is 16.2. The van der Waals surface area contributed by atoms with Gasteiger partial charge in [-0.1, -0.05) is 25.5 Å². The molecule has 3 rings (SSSR count). The first-order valence-electron chi connectivity index (χ1n) is 9.66. The van der Waals surface area contributed by atoms with E-state index >= 15 is 0 Å². The summed E-state index contributed by atoms with van der Waals surface area (Å²) in [5.41, 5.74) is 3.97. The van der Waals surface area contributed by atoms with Crippen molar-refractivity contribution in [3.8, 4) is 0 Å². The number of aromatic nitrogens is 2. The average Bonchev–Trinajstić information content (AvgIpc) is 3.18. The smallest absolute Gasteiger partial charge is 0.224 e. The molecular formula is C21H30N4O. The Kier molecular flexibility index (Phi) is 5.96. The lowest BCUT2D eigenvalue weighted by Gasteiger charge is -2.37. The van der Waals surface area contributed by atoms with Crippen LogP contribution in [0.5, 0.6) is 0 Å². The van der Waals surface area contributed by atoms with Crippen molar-refractivity contribution in [1.82, 2.24) is 14.5 Å². The van der Waals surface area contributed by atoms with E-state index in [0.717, 1.165) is 39.0 Å². The largest absolute Gasteiger partial charge is 0.368 e. The van der Waals surface area contributed by atoms with E-state index < -0.39 is 0 Å². The molecule has 5 nitrogen and oxygen atoms in total. The third-order valence-corrected chi connectivity index (χ3v) is 5.53.